The van der Waals surface area contributed by atoms with Crippen LogP contribution < -0.4 is 16.8 Å². The number of nitrogens with two attached hydrogens (primary N) is 2. The average molecular weight is 281 g/mol. The van der Waals surface area contributed by atoms with E-state index in [1.165, 1.54) is 0 Å². The minimum atomic E-state index is -0.146. The Morgan fingerprint density at radius 1 is 1.05 bits per heavy atom. The third-order valence-electron chi connectivity index (χ3n) is 3.58. The predicted octanol–water partition coefficient (Wildman–Crippen LogP) is 1.97. The molecule has 0 spiro atoms. The molecule has 0 saturated heterocycles. The zero-order valence-corrected chi connectivity index (χ0v) is 11.3. The van der Waals surface area contributed by atoms with Crippen LogP contribution in [0.4, 0.5) is 17.1 Å². The number of fused-ring (bicyclic) bond motifs is 1. The maximum atomic E-state index is 12.5. The molecule has 0 bridgehead atoms. The summed E-state index contributed by atoms with van der Waals surface area (Å²) in [4.78, 5) is 23.9. The maximum Gasteiger partial charge on any atom is 0.224 e. The Morgan fingerprint density at radius 2 is 1.86 bits per heavy atom. The summed E-state index contributed by atoms with van der Waals surface area (Å²) in [6, 6.07) is 10.1. The summed E-state index contributed by atoms with van der Waals surface area (Å²) < 4.78 is 0. The molecule has 0 saturated carbocycles. The van der Waals surface area contributed by atoms with E-state index in [-0.39, 0.29) is 11.7 Å². The van der Waals surface area contributed by atoms with E-state index in [1.807, 2.05) is 6.07 Å². The summed E-state index contributed by atoms with van der Waals surface area (Å²) in [5.74, 6) is -0.142. The fourth-order valence-corrected chi connectivity index (χ4v) is 2.47. The van der Waals surface area contributed by atoms with Crippen molar-refractivity contribution in [2.24, 2.45) is 0 Å². The average Bonchev–Trinajstić information content (AvgIpc) is 2.46. The molecule has 2 aromatic carbocycles. The van der Waals surface area contributed by atoms with Gasteiger partial charge in [-0.15, -0.1) is 0 Å². The normalized spacial score (nSPS) is 13.4. The summed E-state index contributed by atoms with van der Waals surface area (Å²) in [6.07, 6.45) is 1.08. The van der Waals surface area contributed by atoms with Crippen LogP contribution in [-0.2, 0) is 11.2 Å². The second kappa shape index (κ2) is 4.94. The largest absolute Gasteiger partial charge is 0.399 e. The number of carbonyl (C=O) groups excluding carboxylic acids is 2. The summed E-state index contributed by atoms with van der Waals surface area (Å²) >= 11 is 0. The third-order valence-corrected chi connectivity index (χ3v) is 3.58. The third kappa shape index (κ3) is 2.45. The number of hydrogen-bond acceptors (Lipinski definition) is 4. The maximum absolute atomic E-state index is 12.5. The lowest BCUT2D eigenvalue weighted by Gasteiger charge is -2.17. The molecule has 0 unspecified atom stereocenters. The van der Waals surface area contributed by atoms with Crippen molar-refractivity contribution in [1.29, 1.82) is 0 Å². The Hall–Kier alpha value is -2.82. The summed E-state index contributed by atoms with van der Waals surface area (Å²) in [5.41, 5.74) is 15.1. The fourth-order valence-electron chi connectivity index (χ4n) is 2.47. The van der Waals surface area contributed by atoms with Gasteiger partial charge in [-0.25, -0.2) is 0 Å². The molecule has 1 amide bonds. The molecule has 21 heavy (non-hydrogen) atoms. The number of anilines is 3. The van der Waals surface area contributed by atoms with Crippen LogP contribution in [0, 0.1) is 0 Å². The molecule has 0 radical (unpaired) electrons. The molecule has 1 aliphatic heterocycles. The summed E-state index contributed by atoms with van der Waals surface area (Å²) in [7, 11) is 0. The van der Waals surface area contributed by atoms with E-state index in [0.717, 1.165) is 11.3 Å². The Bertz CT molecular complexity index is 753. The van der Waals surface area contributed by atoms with Crippen LogP contribution in [0.3, 0.4) is 0 Å². The first-order valence-electron chi connectivity index (χ1n) is 6.67. The van der Waals surface area contributed by atoms with Crippen molar-refractivity contribution in [2.45, 2.75) is 12.8 Å². The van der Waals surface area contributed by atoms with Crippen LogP contribution >= 0.6 is 0 Å². The standard InChI is InChI=1S/C16H15N3O2/c17-11-3-4-12(13(18)8-11)16(21)10-1-5-14-9(7-10)2-6-15(20)19-14/h1,3-5,7-8H,2,6,17-18H2,(H,19,20). The van der Waals surface area contributed by atoms with Crippen molar-refractivity contribution in [1.82, 2.24) is 0 Å². The van der Waals surface area contributed by atoms with Gasteiger partial charge in [0.25, 0.3) is 0 Å². The minimum absolute atomic E-state index is 0.00403. The van der Waals surface area contributed by atoms with Gasteiger partial charge in [-0.1, -0.05) is 0 Å². The van der Waals surface area contributed by atoms with Gasteiger partial charge in [-0.05, 0) is 48.4 Å². The van der Waals surface area contributed by atoms with E-state index in [9.17, 15) is 9.59 Å². The number of benzene rings is 2. The molecule has 0 aromatic heterocycles. The van der Waals surface area contributed by atoms with Crippen molar-refractivity contribution in [2.75, 3.05) is 16.8 Å². The molecule has 106 valence electrons. The van der Waals surface area contributed by atoms with E-state index in [2.05, 4.69) is 5.32 Å². The van der Waals surface area contributed by atoms with Gasteiger partial charge >= 0.3 is 0 Å². The molecule has 1 aliphatic rings. The van der Waals surface area contributed by atoms with Gasteiger partial charge in [0.2, 0.25) is 5.91 Å². The van der Waals surface area contributed by atoms with Crippen LogP contribution in [0.2, 0.25) is 0 Å². The quantitative estimate of drug-likeness (QED) is 0.579. The van der Waals surface area contributed by atoms with E-state index in [4.69, 9.17) is 11.5 Å². The number of nitrogen functional groups attached to an aromatic ring is 2. The molecule has 5 N–H and O–H groups in total. The minimum Gasteiger partial charge on any atom is -0.399 e. The van der Waals surface area contributed by atoms with Crippen LogP contribution in [-0.4, -0.2) is 11.7 Å². The van der Waals surface area contributed by atoms with Crippen molar-refractivity contribution in [3.05, 3.63) is 53.1 Å². The van der Waals surface area contributed by atoms with E-state index < -0.39 is 0 Å². The highest BCUT2D eigenvalue weighted by Crippen LogP contribution is 2.26. The van der Waals surface area contributed by atoms with E-state index in [0.29, 0.717) is 35.3 Å². The van der Waals surface area contributed by atoms with Crippen molar-refractivity contribution in [3.8, 4) is 0 Å². The highest BCUT2D eigenvalue weighted by atomic mass is 16.1. The van der Waals surface area contributed by atoms with Crippen molar-refractivity contribution >= 4 is 28.8 Å². The van der Waals surface area contributed by atoms with Crippen molar-refractivity contribution < 1.29 is 9.59 Å². The molecule has 0 fully saturated rings. The van der Waals surface area contributed by atoms with Gasteiger partial charge in [-0.3, -0.25) is 9.59 Å². The zero-order valence-electron chi connectivity index (χ0n) is 11.3. The van der Waals surface area contributed by atoms with Gasteiger partial charge in [0.15, 0.2) is 5.78 Å². The molecule has 0 atom stereocenters. The molecular formula is C16H15N3O2. The van der Waals surface area contributed by atoms with Gasteiger partial charge in [-0.2, -0.15) is 0 Å². The number of hydrogen-bond donors (Lipinski definition) is 3. The number of amides is 1. The fraction of sp³-hybridized carbons (Fsp3) is 0.125. The van der Waals surface area contributed by atoms with E-state index >= 15 is 0 Å². The molecule has 5 nitrogen and oxygen atoms in total. The first-order valence-corrected chi connectivity index (χ1v) is 6.67. The number of ketones is 1. The Labute approximate surface area is 121 Å². The van der Waals surface area contributed by atoms with Crippen LogP contribution in [0.1, 0.15) is 27.9 Å². The lowest BCUT2D eigenvalue weighted by atomic mass is 9.95. The molecule has 3 rings (SSSR count). The Kier molecular flexibility index (Phi) is 3.10. The number of nitrogens with one attached hydrogen (secondary N) is 1. The first kappa shape index (κ1) is 13.2. The highest BCUT2D eigenvalue weighted by Gasteiger charge is 2.18. The molecule has 2 aromatic rings. The lowest BCUT2D eigenvalue weighted by molar-refractivity contribution is -0.116. The van der Waals surface area contributed by atoms with Gasteiger partial charge in [0.05, 0.1) is 0 Å². The van der Waals surface area contributed by atoms with E-state index in [1.54, 1.807) is 30.3 Å². The Morgan fingerprint density at radius 3 is 2.62 bits per heavy atom. The molecule has 5 heteroatoms. The predicted molar refractivity (Wildman–Crippen MR) is 82.1 cm³/mol. The Balaban J connectivity index is 1.97. The monoisotopic (exact) mass is 281 g/mol. The second-order valence-electron chi connectivity index (χ2n) is 5.10. The number of rotatable bonds is 2. The second-order valence-corrected chi connectivity index (χ2v) is 5.10. The van der Waals surface area contributed by atoms with Gasteiger partial charge < -0.3 is 16.8 Å². The lowest BCUT2D eigenvalue weighted by Crippen LogP contribution is -2.19. The highest BCUT2D eigenvalue weighted by molar-refractivity contribution is 6.12. The topological polar surface area (TPSA) is 98.2 Å². The SMILES string of the molecule is Nc1ccc(C(=O)c2ccc3c(c2)CCC(=O)N3)c(N)c1. The van der Waals surface area contributed by atoms with Crippen LogP contribution in [0.5, 0.6) is 0 Å². The number of carbonyl (C=O) groups is 2. The summed E-state index contributed by atoms with van der Waals surface area (Å²) in [5, 5.41) is 2.79. The van der Waals surface area contributed by atoms with Gasteiger partial charge in [0, 0.05) is 34.6 Å². The smallest absolute Gasteiger partial charge is 0.224 e. The molecule has 1 heterocycles. The van der Waals surface area contributed by atoms with Crippen LogP contribution in [0.25, 0.3) is 0 Å². The molecular weight excluding hydrogens is 266 g/mol. The van der Waals surface area contributed by atoms with Gasteiger partial charge in [0.1, 0.15) is 0 Å². The van der Waals surface area contributed by atoms with Crippen molar-refractivity contribution in [3.63, 3.8) is 0 Å². The summed E-state index contributed by atoms with van der Waals surface area (Å²) in [6.45, 7) is 0. The first-order chi connectivity index (χ1) is 10.0. The molecule has 0 aliphatic carbocycles. The zero-order chi connectivity index (χ0) is 15.0. The van der Waals surface area contributed by atoms with Crippen LogP contribution in [0.15, 0.2) is 36.4 Å². The number of aryl methyl sites for hydroxylation is 1.